The van der Waals surface area contributed by atoms with E-state index >= 15 is 0 Å². The first-order valence-corrected chi connectivity index (χ1v) is 6.32. The van der Waals surface area contributed by atoms with Crippen molar-refractivity contribution >= 4 is 0 Å². The van der Waals surface area contributed by atoms with E-state index in [0.717, 1.165) is 37.6 Å². The number of rotatable bonds is 0. The Labute approximate surface area is 94.3 Å². The van der Waals surface area contributed by atoms with Gasteiger partial charge in [0.15, 0.2) is 0 Å². The SMILES string of the molecule is C1CCOC1.CC1[C@H](C)OC[C@@H](C)[C@@H]1C. The van der Waals surface area contributed by atoms with Crippen LogP contribution in [0.2, 0.25) is 0 Å². The van der Waals surface area contributed by atoms with E-state index in [2.05, 4.69) is 27.7 Å². The molecule has 2 heterocycles. The maximum atomic E-state index is 5.57. The van der Waals surface area contributed by atoms with Crippen molar-refractivity contribution in [3.05, 3.63) is 0 Å². The van der Waals surface area contributed by atoms with Gasteiger partial charge < -0.3 is 9.47 Å². The monoisotopic (exact) mass is 214 g/mol. The Morgan fingerprint density at radius 1 is 0.867 bits per heavy atom. The molecular weight excluding hydrogens is 188 g/mol. The van der Waals surface area contributed by atoms with Crippen LogP contribution >= 0.6 is 0 Å². The first-order chi connectivity index (χ1) is 7.13. The van der Waals surface area contributed by atoms with E-state index in [-0.39, 0.29) is 0 Å². The van der Waals surface area contributed by atoms with Crippen LogP contribution in [0.4, 0.5) is 0 Å². The lowest BCUT2D eigenvalue weighted by Gasteiger charge is -2.36. The highest BCUT2D eigenvalue weighted by molar-refractivity contribution is 4.77. The molecule has 2 saturated heterocycles. The molecule has 0 radical (unpaired) electrons. The van der Waals surface area contributed by atoms with Crippen molar-refractivity contribution in [3.8, 4) is 0 Å². The van der Waals surface area contributed by atoms with E-state index in [0.29, 0.717) is 6.10 Å². The minimum absolute atomic E-state index is 0.464. The highest BCUT2D eigenvalue weighted by Gasteiger charge is 2.29. The van der Waals surface area contributed by atoms with E-state index in [1.165, 1.54) is 12.8 Å². The number of hydrogen-bond donors (Lipinski definition) is 0. The maximum Gasteiger partial charge on any atom is 0.0575 e. The summed E-state index contributed by atoms with van der Waals surface area (Å²) in [4.78, 5) is 0. The average Bonchev–Trinajstić information content (AvgIpc) is 2.79. The standard InChI is InChI=1S/C9H18O.C4H8O/c1-6-5-10-9(4)8(3)7(6)2;1-2-4-5-3-1/h6-9H,5H2,1-4H3;1-4H2/t6-,7+,8?,9+;/m1./s1. The fourth-order valence-electron chi connectivity index (χ4n) is 2.06. The molecule has 2 aliphatic heterocycles. The van der Waals surface area contributed by atoms with Crippen molar-refractivity contribution < 1.29 is 9.47 Å². The van der Waals surface area contributed by atoms with Gasteiger partial charge in [-0.15, -0.1) is 0 Å². The normalized spacial score (nSPS) is 40.8. The Morgan fingerprint density at radius 3 is 1.87 bits per heavy atom. The molecule has 2 aliphatic rings. The van der Waals surface area contributed by atoms with Crippen LogP contribution in [0.3, 0.4) is 0 Å². The van der Waals surface area contributed by atoms with E-state index in [4.69, 9.17) is 9.47 Å². The van der Waals surface area contributed by atoms with Crippen molar-refractivity contribution in [2.24, 2.45) is 17.8 Å². The van der Waals surface area contributed by atoms with Crippen molar-refractivity contribution in [3.63, 3.8) is 0 Å². The van der Waals surface area contributed by atoms with Gasteiger partial charge in [0, 0.05) is 19.8 Å². The molecule has 0 saturated carbocycles. The topological polar surface area (TPSA) is 18.5 Å². The predicted molar refractivity (Wildman–Crippen MR) is 63.0 cm³/mol. The molecule has 0 spiro atoms. The quantitative estimate of drug-likeness (QED) is 0.617. The van der Waals surface area contributed by atoms with Gasteiger partial charge in [-0.1, -0.05) is 20.8 Å². The second-order valence-electron chi connectivity index (χ2n) is 5.05. The highest BCUT2D eigenvalue weighted by atomic mass is 16.5. The Hall–Kier alpha value is -0.0800. The zero-order valence-corrected chi connectivity index (χ0v) is 10.7. The fraction of sp³-hybridized carbons (Fsp3) is 1.00. The number of hydrogen-bond acceptors (Lipinski definition) is 2. The zero-order chi connectivity index (χ0) is 11.3. The first kappa shape index (κ1) is 13.0. The molecule has 2 rings (SSSR count). The van der Waals surface area contributed by atoms with Crippen LogP contribution < -0.4 is 0 Å². The van der Waals surface area contributed by atoms with Crippen LogP contribution in [0.15, 0.2) is 0 Å². The van der Waals surface area contributed by atoms with Crippen molar-refractivity contribution in [1.29, 1.82) is 0 Å². The van der Waals surface area contributed by atoms with Gasteiger partial charge in [-0.3, -0.25) is 0 Å². The Kier molecular flexibility index (Phi) is 5.62. The minimum Gasteiger partial charge on any atom is -0.381 e. The van der Waals surface area contributed by atoms with E-state index in [1.54, 1.807) is 0 Å². The highest BCUT2D eigenvalue weighted by Crippen LogP contribution is 2.29. The molecule has 15 heavy (non-hydrogen) atoms. The third-order valence-electron chi connectivity index (χ3n) is 3.92. The Bertz CT molecular complexity index is 144. The van der Waals surface area contributed by atoms with Gasteiger partial charge in [0.1, 0.15) is 0 Å². The molecule has 2 fully saturated rings. The van der Waals surface area contributed by atoms with Crippen molar-refractivity contribution in [1.82, 2.24) is 0 Å². The van der Waals surface area contributed by atoms with E-state index < -0.39 is 0 Å². The summed E-state index contributed by atoms with van der Waals surface area (Å²) in [6, 6.07) is 0. The van der Waals surface area contributed by atoms with Gasteiger partial charge >= 0.3 is 0 Å². The van der Waals surface area contributed by atoms with Crippen LogP contribution in [0.5, 0.6) is 0 Å². The number of ether oxygens (including phenoxy) is 2. The minimum atomic E-state index is 0.464. The molecule has 0 aliphatic carbocycles. The van der Waals surface area contributed by atoms with E-state index in [9.17, 15) is 0 Å². The van der Waals surface area contributed by atoms with Crippen LogP contribution in [0, 0.1) is 17.8 Å². The molecule has 0 amide bonds. The lowest BCUT2D eigenvalue weighted by atomic mass is 9.80. The second kappa shape index (κ2) is 6.49. The molecule has 0 aromatic heterocycles. The summed E-state index contributed by atoms with van der Waals surface area (Å²) in [5, 5.41) is 0. The van der Waals surface area contributed by atoms with E-state index in [1.807, 2.05) is 0 Å². The third kappa shape index (κ3) is 4.12. The van der Waals surface area contributed by atoms with Gasteiger partial charge in [-0.05, 0) is 37.5 Å². The van der Waals surface area contributed by atoms with Gasteiger partial charge in [-0.2, -0.15) is 0 Å². The van der Waals surface area contributed by atoms with Crippen LogP contribution in [-0.2, 0) is 9.47 Å². The Balaban J connectivity index is 0.000000187. The average molecular weight is 214 g/mol. The summed E-state index contributed by atoms with van der Waals surface area (Å²) in [5.41, 5.74) is 0. The lowest BCUT2D eigenvalue weighted by Crippen LogP contribution is -2.36. The molecule has 90 valence electrons. The van der Waals surface area contributed by atoms with Gasteiger partial charge in [0.25, 0.3) is 0 Å². The lowest BCUT2D eigenvalue weighted by molar-refractivity contribution is -0.0661. The van der Waals surface area contributed by atoms with Crippen LogP contribution in [-0.4, -0.2) is 25.9 Å². The maximum absolute atomic E-state index is 5.57. The molecule has 1 unspecified atom stereocenters. The molecule has 4 atom stereocenters. The molecule has 2 nitrogen and oxygen atoms in total. The third-order valence-corrected chi connectivity index (χ3v) is 3.92. The summed E-state index contributed by atoms with van der Waals surface area (Å²) in [6.45, 7) is 12.0. The van der Waals surface area contributed by atoms with Gasteiger partial charge in [-0.25, -0.2) is 0 Å². The molecule has 0 aromatic carbocycles. The zero-order valence-electron chi connectivity index (χ0n) is 10.7. The summed E-state index contributed by atoms with van der Waals surface area (Å²) >= 11 is 0. The van der Waals surface area contributed by atoms with Crippen LogP contribution in [0.1, 0.15) is 40.5 Å². The van der Waals surface area contributed by atoms with Crippen molar-refractivity contribution in [2.75, 3.05) is 19.8 Å². The second-order valence-corrected chi connectivity index (χ2v) is 5.05. The molecule has 0 N–H and O–H groups in total. The van der Waals surface area contributed by atoms with Gasteiger partial charge in [0.2, 0.25) is 0 Å². The summed E-state index contributed by atoms with van der Waals surface area (Å²) < 4.78 is 10.5. The molecule has 2 heteroatoms. The smallest absolute Gasteiger partial charge is 0.0575 e. The van der Waals surface area contributed by atoms with Crippen LogP contribution in [0.25, 0.3) is 0 Å². The largest absolute Gasteiger partial charge is 0.381 e. The molecule has 0 aromatic rings. The fourth-order valence-corrected chi connectivity index (χ4v) is 2.06. The molecule has 0 bridgehead atoms. The Morgan fingerprint density at radius 2 is 1.47 bits per heavy atom. The molecular formula is C13H26O2. The van der Waals surface area contributed by atoms with Crippen molar-refractivity contribution in [2.45, 2.75) is 46.6 Å². The summed E-state index contributed by atoms with van der Waals surface area (Å²) in [6.07, 6.45) is 3.02. The first-order valence-electron chi connectivity index (χ1n) is 6.32. The summed E-state index contributed by atoms with van der Waals surface area (Å²) in [5.74, 6) is 2.29. The summed E-state index contributed by atoms with van der Waals surface area (Å²) in [7, 11) is 0. The predicted octanol–water partition coefficient (Wildman–Crippen LogP) is 3.11. The van der Waals surface area contributed by atoms with Gasteiger partial charge in [0.05, 0.1) is 6.10 Å².